The first-order chi connectivity index (χ1) is 17.9. The summed E-state index contributed by atoms with van der Waals surface area (Å²) in [4.78, 5) is 34.7. The highest BCUT2D eigenvalue weighted by atomic mass is 35.5. The number of benzene rings is 2. The lowest BCUT2D eigenvalue weighted by molar-refractivity contribution is 0.103. The molecule has 0 spiro atoms. The zero-order chi connectivity index (χ0) is 25.8. The van der Waals surface area contributed by atoms with Crippen molar-refractivity contribution < 1.29 is 4.79 Å². The van der Waals surface area contributed by atoms with Gasteiger partial charge in [-0.05, 0) is 43.2 Å². The average molecular weight is 532 g/mol. The molecule has 0 aliphatic carbocycles. The minimum atomic E-state index is -0.299. The summed E-state index contributed by atoms with van der Waals surface area (Å²) in [5, 5.41) is 10.1. The molecule has 37 heavy (non-hydrogen) atoms. The van der Waals surface area contributed by atoms with Crippen LogP contribution >= 0.6 is 22.9 Å². The van der Waals surface area contributed by atoms with Crippen LogP contribution in [0.15, 0.2) is 67.4 Å². The largest absolute Gasteiger partial charge is 0.333 e. The molecule has 5 rings (SSSR count). The molecule has 0 atom stereocenters. The Kier molecular flexibility index (Phi) is 7.06. The first kappa shape index (κ1) is 24.3. The third-order valence-corrected chi connectivity index (χ3v) is 6.52. The lowest BCUT2D eigenvalue weighted by atomic mass is 10.2. The first-order valence-electron chi connectivity index (χ1n) is 11.3. The van der Waals surface area contributed by atoms with Gasteiger partial charge in [-0.1, -0.05) is 47.2 Å². The number of carbonyl (C=O) groups is 1. The van der Waals surface area contributed by atoms with E-state index in [-0.39, 0.29) is 5.91 Å². The molecule has 0 aliphatic heterocycles. The predicted molar refractivity (Wildman–Crippen MR) is 145 cm³/mol. The fourth-order valence-electron chi connectivity index (χ4n) is 3.51. The second-order valence-electron chi connectivity index (χ2n) is 8.13. The van der Waals surface area contributed by atoms with Gasteiger partial charge in [-0.25, -0.2) is 9.97 Å². The Morgan fingerprint density at radius 3 is 2.54 bits per heavy atom. The lowest BCUT2D eigenvalue weighted by Crippen LogP contribution is -2.11. The molecule has 0 bridgehead atoms. The second kappa shape index (κ2) is 10.7. The molecule has 2 aromatic carbocycles. The number of hydrogen-bond acceptors (Lipinski definition) is 9. The van der Waals surface area contributed by atoms with Crippen LogP contribution in [0.25, 0.3) is 0 Å². The van der Waals surface area contributed by atoms with Crippen molar-refractivity contribution in [3.63, 3.8) is 0 Å². The maximum Gasteiger partial charge on any atom is 0.267 e. The number of rotatable bonds is 8. The van der Waals surface area contributed by atoms with Crippen molar-refractivity contribution in [3.05, 3.63) is 94.2 Å². The Morgan fingerprint density at radius 1 is 1.03 bits per heavy atom. The Balaban J connectivity index is 1.25. The molecule has 0 unspecified atom stereocenters. The molecule has 3 aromatic heterocycles. The van der Waals surface area contributed by atoms with Crippen molar-refractivity contribution in [1.29, 1.82) is 0 Å². The number of hydrogen-bond donors (Lipinski definition) is 3. The molecule has 0 saturated heterocycles. The van der Waals surface area contributed by atoms with Crippen LogP contribution in [-0.2, 0) is 6.54 Å². The van der Waals surface area contributed by atoms with Gasteiger partial charge < -0.3 is 15.2 Å². The Hall–Kier alpha value is -4.35. The van der Waals surface area contributed by atoms with Crippen LogP contribution in [0.1, 0.15) is 26.6 Å². The number of aryl methyl sites for hydroxylation is 2. The van der Waals surface area contributed by atoms with Crippen LogP contribution in [0.5, 0.6) is 0 Å². The highest BCUT2D eigenvalue weighted by molar-refractivity contribution is 7.17. The fourth-order valence-corrected chi connectivity index (χ4v) is 4.48. The summed E-state index contributed by atoms with van der Waals surface area (Å²) in [6.07, 6.45) is 6.96. The number of thiazole rings is 1. The van der Waals surface area contributed by atoms with Gasteiger partial charge in [-0.2, -0.15) is 15.0 Å². The average Bonchev–Trinajstić information content (AvgIpc) is 3.55. The Morgan fingerprint density at radius 2 is 1.81 bits per heavy atom. The Labute approximate surface area is 221 Å². The monoisotopic (exact) mass is 531 g/mol. The summed E-state index contributed by atoms with van der Waals surface area (Å²) in [7, 11) is 0. The van der Waals surface area contributed by atoms with Crippen LogP contribution in [0.3, 0.4) is 0 Å². The molecular formula is C25H22ClN9OS. The van der Waals surface area contributed by atoms with E-state index in [1.807, 2.05) is 54.1 Å². The number of amides is 1. The lowest BCUT2D eigenvalue weighted by Gasteiger charge is -2.09. The molecule has 3 heterocycles. The summed E-state index contributed by atoms with van der Waals surface area (Å²) in [6, 6.07) is 13.4. The van der Waals surface area contributed by atoms with E-state index in [4.69, 9.17) is 11.6 Å². The normalized spacial score (nSPS) is 10.8. The van der Waals surface area contributed by atoms with E-state index in [9.17, 15) is 4.79 Å². The van der Waals surface area contributed by atoms with Crippen molar-refractivity contribution in [3.8, 4) is 0 Å². The van der Waals surface area contributed by atoms with Crippen LogP contribution < -0.4 is 16.0 Å². The molecule has 0 radical (unpaired) electrons. The minimum Gasteiger partial charge on any atom is -0.333 e. The Bertz CT molecular complexity index is 1510. The van der Waals surface area contributed by atoms with Gasteiger partial charge in [-0.3, -0.25) is 10.1 Å². The van der Waals surface area contributed by atoms with E-state index < -0.39 is 0 Å². The molecule has 3 N–H and O–H groups in total. The van der Waals surface area contributed by atoms with Crippen molar-refractivity contribution in [1.82, 2.24) is 29.5 Å². The summed E-state index contributed by atoms with van der Waals surface area (Å²) < 4.78 is 2.00. The summed E-state index contributed by atoms with van der Waals surface area (Å²) in [5.74, 6) is 0.934. The molecule has 0 fully saturated rings. The molecular weight excluding hydrogens is 510 g/mol. The summed E-state index contributed by atoms with van der Waals surface area (Å²) in [6.45, 7) is 4.40. The van der Waals surface area contributed by atoms with E-state index in [1.54, 1.807) is 25.5 Å². The fraction of sp³-hybridized carbons (Fsp3) is 0.120. The van der Waals surface area contributed by atoms with E-state index in [2.05, 4.69) is 40.9 Å². The van der Waals surface area contributed by atoms with Gasteiger partial charge >= 0.3 is 0 Å². The van der Waals surface area contributed by atoms with Crippen molar-refractivity contribution in [2.45, 2.75) is 20.4 Å². The van der Waals surface area contributed by atoms with E-state index in [1.165, 1.54) is 17.5 Å². The van der Waals surface area contributed by atoms with Crippen molar-refractivity contribution in [2.24, 2.45) is 0 Å². The number of nitrogens with zero attached hydrogens (tertiary/aromatic N) is 6. The zero-order valence-corrected chi connectivity index (χ0v) is 21.5. The smallest absolute Gasteiger partial charge is 0.267 e. The van der Waals surface area contributed by atoms with Gasteiger partial charge in [0.05, 0.1) is 23.2 Å². The van der Waals surface area contributed by atoms with E-state index >= 15 is 0 Å². The van der Waals surface area contributed by atoms with Gasteiger partial charge in [0.25, 0.3) is 5.91 Å². The number of anilines is 5. The third-order valence-electron chi connectivity index (χ3n) is 5.29. The molecule has 1 amide bonds. The quantitative estimate of drug-likeness (QED) is 0.237. The number of carbonyl (C=O) groups excluding carboxylic acids is 1. The number of halogens is 1. The molecule has 186 valence electrons. The summed E-state index contributed by atoms with van der Waals surface area (Å²) >= 11 is 7.41. The van der Waals surface area contributed by atoms with Crippen LogP contribution in [-0.4, -0.2) is 35.4 Å². The van der Waals surface area contributed by atoms with E-state index in [0.717, 1.165) is 23.4 Å². The van der Waals surface area contributed by atoms with Gasteiger partial charge in [0.1, 0.15) is 10.7 Å². The highest BCUT2D eigenvalue weighted by Crippen LogP contribution is 2.28. The molecule has 0 aliphatic rings. The first-order valence-corrected chi connectivity index (χ1v) is 12.5. The maximum absolute atomic E-state index is 12.7. The number of aromatic nitrogens is 6. The van der Waals surface area contributed by atoms with Gasteiger partial charge in [-0.15, -0.1) is 0 Å². The van der Waals surface area contributed by atoms with Gasteiger partial charge in [0, 0.05) is 24.6 Å². The van der Waals surface area contributed by atoms with Crippen LogP contribution in [0, 0.1) is 13.8 Å². The zero-order valence-electron chi connectivity index (χ0n) is 19.9. The minimum absolute atomic E-state index is 0.299. The van der Waals surface area contributed by atoms with Crippen molar-refractivity contribution >= 4 is 57.2 Å². The molecule has 10 nitrogen and oxygen atoms in total. The number of para-hydroxylation sites is 1. The third kappa shape index (κ3) is 6.08. The maximum atomic E-state index is 12.7. The van der Waals surface area contributed by atoms with Gasteiger partial charge in [0.15, 0.2) is 5.13 Å². The summed E-state index contributed by atoms with van der Waals surface area (Å²) in [5.41, 5.74) is 3.44. The van der Waals surface area contributed by atoms with Crippen LogP contribution in [0.4, 0.5) is 28.4 Å². The molecule has 5 aromatic rings. The van der Waals surface area contributed by atoms with Crippen molar-refractivity contribution in [2.75, 3.05) is 16.0 Å². The standard InChI is InChI=1S/C25H22ClN9OS/c1-15-4-3-5-19(26)21(15)32-22(36)20-12-28-25(37-20)34-24-30-16(2)29-23(33-24)31-18-8-6-17(7-9-18)13-35-11-10-27-14-35/h3-12,14H,13H2,1-2H3,(H,32,36)(H2,28,29,30,31,33,34). The van der Waals surface area contributed by atoms with E-state index in [0.29, 0.717) is 38.4 Å². The van der Waals surface area contributed by atoms with Gasteiger partial charge in [0.2, 0.25) is 11.9 Å². The topological polar surface area (TPSA) is 123 Å². The molecule has 12 heteroatoms. The predicted octanol–water partition coefficient (Wildman–Crippen LogP) is 5.58. The number of imidazole rings is 1. The van der Waals surface area contributed by atoms with Crippen LogP contribution in [0.2, 0.25) is 5.02 Å². The number of nitrogens with one attached hydrogen (secondary N) is 3. The highest BCUT2D eigenvalue weighted by Gasteiger charge is 2.15. The molecule has 0 saturated carbocycles. The second-order valence-corrected chi connectivity index (χ2v) is 9.57. The SMILES string of the molecule is Cc1nc(Nc2ccc(Cn3ccnc3)cc2)nc(Nc2ncc(C(=O)Nc3c(C)cccc3Cl)s2)n1.